The number of methoxy groups -OCH3 is 1. The van der Waals surface area contributed by atoms with Gasteiger partial charge in [0, 0.05) is 23.4 Å². The highest BCUT2D eigenvalue weighted by Crippen LogP contribution is 2.26. The maximum absolute atomic E-state index is 6.04. The zero-order valence-corrected chi connectivity index (χ0v) is 10.4. The lowest BCUT2D eigenvalue weighted by Crippen LogP contribution is -1.96. The van der Waals surface area contributed by atoms with Gasteiger partial charge in [0.15, 0.2) is 0 Å². The third kappa shape index (κ3) is 2.36. The predicted molar refractivity (Wildman–Crippen MR) is 66.2 cm³/mol. The van der Waals surface area contributed by atoms with Crippen molar-refractivity contribution in [3.8, 4) is 17.1 Å². The summed E-state index contributed by atoms with van der Waals surface area (Å²) in [4.78, 5) is 12.4. The Hall–Kier alpha value is -1.68. The number of hydrogen-bond donors (Lipinski definition) is 0. The van der Waals surface area contributed by atoms with Crippen LogP contribution >= 0.6 is 11.6 Å². The average molecular weight is 250 g/mol. The van der Waals surface area contributed by atoms with E-state index in [2.05, 4.69) is 15.0 Å². The summed E-state index contributed by atoms with van der Waals surface area (Å²) in [5, 5.41) is 0.494. The lowest BCUT2D eigenvalue weighted by Gasteiger charge is -2.07. The Kier molecular flexibility index (Phi) is 3.54. The molecule has 2 rings (SSSR count). The predicted octanol–water partition coefficient (Wildman–Crippen LogP) is 2.76. The molecule has 0 saturated heterocycles. The van der Waals surface area contributed by atoms with E-state index in [9.17, 15) is 0 Å². The summed E-state index contributed by atoms with van der Waals surface area (Å²) < 4.78 is 5.02. The SMILES string of the molecule is CCc1c(Cl)ncnc1-c1ccc(OC)nc1. The van der Waals surface area contributed by atoms with Gasteiger partial charge in [-0.25, -0.2) is 15.0 Å². The molecule has 0 saturated carbocycles. The molecule has 0 unspecified atom stereocenters. The highest BCUT2D eigenvalue weighted by atomic mass is 35.5. The number of hydrogen-bond acceptors (Lipinski definition) is 4. The molecule has 88 valence electrons. The molecule has 0 spiro atoms. The van der Waals surface area contributed by atoms with Crippen molar-refractivity contribution in [2.24, 2.45) is 0 Å². The largest absolute Gasteiger partial charge is 0.481 e. The lowest BCUT2D eigenvalue weighted by atomic mass is 10.1. The molecule has 0 aromatic carbocycles. The molecule has 5 heteroatoms. The van der Waals surface area contributed by atoms with E-state index in [1.165, 1.54) is 6.33 Å². The van der Waals surface area contributed by atoms with Gasteiger partial charge in [-0.1, -0.05) is 18.5 Å². The molecule has 0 amide bonds. The van der Waals surface area contributed by atoms with Crippen molar-refractivity contribution in [1.29, 1.82) is 0 Å². The van der Waals surface area contributed by atoms with Gasteiger partial charge in [0.25, 0.3) is 0 Å². The first-order valence-corrected chi connectivity index (χ1v) is 5.63. The van der Waals surface area contributed by atoms with Gasteiger partial charge >= 0.3 is 0 Å². The summed E-state index contributed by atoms with van der Waals surface area (Å²) in [5.41, 5.74) is 2.66. The van der Waals surface area contributed by atoms with Crippen LogP contribution in [0.1, 0.15) is 12.5 Å². The molecule has 2 heterocycles. The molecule has 2 aromatic heterocycles. The van der Waals surface area contributed by atoms with Crippen LogP contribution in [0.15, 0.2) is 24.7 Å². The quantitative estimate of drug-likeness (QED) is 0.785. The van der Waals surface area contributed by atoms with E-state index >= 15 is 0 Å². The first-order chi connectivity index (χ1) is 8.26. The van der Waals surface area contributed by atoms with Crippen LogP contribution in [0.2, 0.25) is 5.15 Å². The third-order valence-corrected chi connectivity index (χ3v) is 2.79. The number of rotatable bonds is 3. The van der Waals surface area contributed by atoms with Crippen molar-refractivity contribution in [3.05, 3.63) is 35.4 Å². The Bertz CT molecular complexity index is 514. The summed E-state index contributed by atoms with van der Waals surface area (Å²) in [7, 11) is 1.58. The van der Waals surface area contributed by atoms with E-state index in [1.54, 1.807) is 19.4 Å². The molecule has 17 heavy (non-hydrogen) atoms. The van der Waals surface area contributed by atoms with Crippen LogP contribution in [0.4, 0.5) is 0 Å². The van der Waals surface area contributed by atoms with Crippen LogP contribution in [0.25, 0.3) is 11.3 Å². The highest BCUT2D eigenvalue weighted by molar-refractivity contribution is 6.30. The van der Waals surface area contributed by atoms with E-state index in [4.69, 9.17) is 16.3 Å². The molecule has 0 atom stereocenters. The Morgan fingerprint density at radius 1 is 1.24 bits per heavy atom. The van der Waals surface area contributed by atoms with Gasteiger partial charge in [0.1, 0.15) is 11.5 Å². The first-order valence-electron chi connectivity index (χ1n) is 5.26. The average Bonchev–Trinajstić information content (AvgIpc) is 2.38. The minimum atomic E-state index is 0.494. The van der Waals surface area contributed by atoms with Crippen LogP contribution in [0.5, 0.6) is 5.88 Å². The van der Waals surface area contributed by atoms with Crippen LogP contribution < -0.4 is 4.74 Å². The summed E-state index contributed by atoms with van der Waals surface area (Å²) >= 11 is 6.04. The van der Waals surface area contributed by atoms with E-state index in [1.807, 2.05) is 13.0 Å². The van der Waals surface area contributed by atoms with Crippen molar-refractivity contribution >= 4 is 11.6 Å². The number of pyridine rings is 1. The van der Waals surface area contributed by atoms with Gasteiger partial charge in [-0.15, -0.1) is 0 Å². The highest BCUT2D eigenvalue weighted by Gasteiger charge is 2.10. The molecule has 0 bridgehead atoms. The lowest BCUT2D eigenvalue weighted by molar-refractivity contribution is 0.398. The Balaban J connectivity index is 2.48. The van der Waals surface area contributed by atoms with Crippen LogP contribution in [-0.4, -0.2) is 22.1 Å². The maximum atomic E-state index is 6.04. The second-order valence-corrected chi connectivity index (χ2v) is 3.79. The molecule has 0 fully saturated rings. The topological polar surface area (TPSA) is 47.9 Å². The smallest absolute Gasteiger partial charge is 0.212 e. The van der Waals surface area contributed by atoms with Gasteiger partial charge in [-0.05, 0) is 12.5 Å². The van der Waals surface area contributed by atoms with Crippen molar-refractivity contribution in [1.82, 2.24) is 15.0 Å². The number of nitrogens with zero attached hydrogens (tertiary/aromatic N) is 3. The number of aromatic nitrogens is 3. The fourth-order valence-electron chi connectivity index (χ4n) is 1.59. The molecule has 0 aliphatic heterocycles. The van der Waals surface area contributed by atoms with E-state index in [0.717, 1.165) is 23.2 Å². The third-order valence-electron chi connectivity index (χ3n) is 2.47. The maximum Gasteiger partial charge on any atom is 0.212 e. The second-order valence-electron chi connectivity index (χ2n) is 3.43. The molecular weight excluding hydrogens is 238 g/mol. The number of ether oxygens (including phenoxy) is 1. The van der Waals surface area contributed by atoms with Gasteiger partial charge in [0.05, 0.1) is 12.8 Å². The van der Waals surface area contributed by atoms with Crippen LogP contribution in [0.3, 0.4) is 0 Å². The van der Waals surface area contributed by atoms with Crippen LogP contribution in [0, 0.1) is 0 Å². The summed E-state index contributed by atoms with van der Waals surface area (Å²) in [6, 6.07) is 3.70. The van der Waals surface area contributed by atoms with E-state index in [0.29, 0.717) is 11.0 Å². The minimum Gasteiger partial charge on any atom is -0.481 e. The van der Waals surface area contributed by atoms with Gasteiger partial charge in [0.2, 0.25) is 5.88 Å². The zero-order valence-electron chi connectivity index (χ0n) is 9.64. The Morgan fingerprint density at radius 2 is 2.06 bits per heavy atom. The van der Waals surface area contributed by atoms with Gasteiger partial charge in [-0.3, -0.25) is 0 Å². The zero-order chi connectivity index (χ0) is 12.3. The number of halogens is 1. The van der Waals surface area contributed by atoms with Crippen LogP contribution in [-0.2, 0) is 6.42 Å². The van der Waals surface area contributed by atoms with Crippen molar-refractivity contribution in [3.63, 3.8) is 0 Å². The second kappa shape index (κ2) is 5.10. The standard InChI is InChI=1S/C12H12ClN3O/c1-3-9-11(15-7-16-12(9)13)8-4-5-10(17-2)14-6-8/h4-7H,3H2,1-2H3. The molecule has 4 nitrogen and oxygen atoms in total. The fourth-order valence-corrected chi connectivity index (χ4v) is 1.86. The molecule has 0 N–H and O–H groups in total. The first kappa shape index (κ1) is 11.8. The van der Waals surface area contributed by atoms with Crippen molar-refractivity contribution in [2.45, 2.75) is 13.3 Å². The Morgan fingerprint density at radius 3 is 2.65 bits per heavy atom. The molecule has 0 aliphatic carbocycles. The normalized spacial score (nSPS) is 10.3. The Labute approximate surface area is 105 Å². The summed E-state index contributed by atoms with van der Waals surface area (Å²) in [6.07, 6.45) is 3.96. The fraction of sp³-hybridized carbons (Fsp3) is 0.250. The van der Waals surface area contributed by atoms with E-state index in [-0.39, 0.29) is 0 Å². The molecule has 0 aliphatic rings. The summed E-state index contributed by atoms with van der Waals surface area (Å²) in [5.74, 6) is 0.576. The summed E-state index contributed by atoms with van der Waals surface area (Å²) in [6.45, 7) is 2.02. The monoisotopic (exact) mass is 249 g/mol. The molecule has 0 radical (unpaired) electrons. The van der Waals surface area contributed by atoms with Crippen molar-refractivity contribution < 1.29 is 4.74 Å². The minimum absolute atomic E-state index is 0.494. The molecular formula is C12H12ClN3O. The van der Waals surface area contributed by atoms with Gasteiger partial charge in [-0.2, -0.15) is 0 Å². The van der Waals surface area contributed by atoms with Crippen molar-refractivity contribution in [2.75, 3.05) is 7.11 Å². The molecule has 2 aromatic rings. The van der Waals surface area contributed by atoms with Gasteiger partial charge < -0.3 is 4.74 Å². The van der Waals surface area contributed by atoms with E-state index < -0.39 is 0 Å².